The van der Waals surface area contributed by atoms with Gasteiger partial charge in [0.1, 0.15) is 0 Å². The molecule has 0 saturated carbocycles. The van der Waals surface area contributed by atoms with Gasteiger partial charge in [0, 0.05) is 24.8 Å². The van der Waals surface area contributed by atoms with Crippen LogP contribution in [0.25, 0.3) is 5.69 Å². The van der Waals surface area contributed by atoms with Crippen molar-refractivity contribution in [3.8, 4) is 5.69 Å². The van der Waals surface area contributed by atoms with Crippen LogP contribution >= 0.6 is 23.2 Å². The molecule has 22 heavy (non-hydrogen) atoms. The van der Waals surface area contributed by atoms with E-state index in [9.17, 15) is 4.79 Å². The number of nitrogens with zero attached hydrogens (tertiary/aromatic N) is 3. The molecule has 0 radical (unpaired) electrons. The number of anilines is 1. The van der Waals surface area contributed by atoms with Gasteiger partial charge in [-0.2, -0.15) is 5.10 Å². The molecular formula is C15H10Cl2N4O. The number of para-hydroxylation sites is 2. The third-order valence-electron chi connectivity index (χ3n) is 2.98. The lowest BCUT2D eigenvalue weighted by atomic mass is 10.2. The van der Waals surface area contributed by atoms with Gasteiger partial charge in [-0.3, -0.25) is 9.78 Å². The number of hydrogen-bond acceptors (Lipinski definition) is 3. The second-order valence-electron chi connectivity index (χ2n) is 4.40. The molecule has 3 aromatic rings. The van der Waals surface area contributed by atoms with E-state index in [2.05, 4.69) is 15.4 Å². The summed E-state index contributed by atoms with van der Waals surface area (Å²) in [5.74, 6) is -0.406. The van der Waals surface area contributed by atoms with E-state index in [0.29, 0.717) is 5.69 Å². The van der Waals surface area contributed by atoms with Gasteiger partial charge in [-0.25, -0.2) is 4.68 Å². The molecule has 0 fully saturated rings. The van der Waals surface area contributed by atoms with E-state index >= 15 is 0 Å². The highest BCUT2D eigenvalue weighted by atomic mass is 35.5. The summed E-state index contributed by atoms with van der Waals surface area (Å²) < 4.78 is 1.66. The number of hydrogen-bond donors (Lipinski definition) is 1. The highest BCUT2D eigenvalue weighted by Gasteiger charge is 2.16. The fourth-order valence-corrected chi connectivity index (χ4v) is 2.54. The molecule has 1 N–H and O–H groups in total. The second kappa shape index (κ2) is 6.17. The fraction of sp³-hybridized carbons (Fsp3) is 0. The molecule has 1 amide bonds. The quantitative estimate of drug-likeness (QED) is 0.792. The number of rotatable bonds is 3. The molecule has 110 valence electrons. The Morgan fingerprint density at radius 2 is 1.82 bits per heavy atom. The van der Waals surface area contributed by atoms with Crippen LogP contribution in [0.5, 0.6) is 0 Å². The first-order chi connectivity index (χ1) is 10.7. The molecule has 0 unspecified atom stereocenters. The van der Waals surface area contributed by atoms with Crippen molar-refractivity contribution in [2.75, 3.05) is 5.32 Å². The average Bonchev–Trinajstić information content (AvgIpc) is 3.01. The molecule has 2 aromatic heterocycles. The molecule has 1 aromatic carbocycles. The Kier molecular flexibility index (Phi) is 4.09. The fourth-order valence-electron chi connectivity index (χ4n) is 2.00. The van der Waals surface area contributed by atoms with E-state index in [1.807, 2.05) is 18.2 Å². The van der Waals surface area contributed by atoms with Crippen LogP contribution in [0.1, 0.15) is 10.4 Å². The number of carbonyl (C=O) groups excluding carboxylic acids is 1. The minimum absolute atomic E-state index is 0.189. The van der Waals surface area contributed by atoms with Gasteiger partial charge in [0.05, 0.1) is 27.0 Å². The number of pyridine rings is 1. The van der Waals surface area contributed by atoms with E-state index < -0.39 is 5.91 Å². The predicted octanol–water partition coefficient (Wildman–Crippen LogP) is 3.83. The number of halogens is 2. The van der Waals surface area contributed by atoms with Gasteiger partial charge >= 0.3 is 0 Å². The van der Waals surface area contributed by atoms with Crippen LogP contribution in [0.3, 0.4) is 0 Å². The summed E-state index contributed by atoms with van der Waals surface area (Å²) >= 11 is 12.0. The lowest BCUT2D eigenvalue weighted by Gasteiger charge is -2.12. The summed E-state index contributed by atoms with van der Waals surface area (Å²) in [5, 5.41) is 7.36. The van der Waals surface area contributed by atoms with Gasteiger partial charge in [-0.15, -0.1) is 0 Å². The van der Waals surface area contributed by atoms with Crippen LogP contribution < -0.4 is 5.32 Å². The SMILES string of the molecule is O=C(Nc1ccccc1-n1cccn1)c1c(Cl)cncc1Cl. The molecule has 0 saturated heterocycles. The number of benzene rings is 1. The Labute approximate surface area is 136 Å². The minimum atomic E-state index is -0.406. The van der Waals surface area contributed by atoms with Crippen molar-refractivity contribution in [3.05, 3.63) is 70.7 Å². The molecule has 3 rings (SSSR count). The molecule has 2 heterocycles. The molecule has 5 nitrogen and oxygen atoms in total. The Bertz CT molecular complexity index is 798. The Hall–Kier alpha value is -2.37. The van der Waals surface area contributed by atoms with Gasteiger partial charge < -0.3 is 5.32 Å². The molecule has 0 spiro atoms. The van der Waals surface area contributed by atoms with Crippen molar-refractivity contribution in [1.82, 2.24) is 14.8 Å². The predicted molar refractivity (Wildman–Crippen MR) is 85.8 cm³/mol. The molecule has 0 atom stereocenters. The summed E-state index contributed by atoms with van der Waals surface area (Å²) in [6, 6.07) is 9.10. The van der Waals surface area contributed by atoms with Crippen molar-refractivity contribution in [2.45, 2.75) is 0 Å². The average molecular weight is 333 g/mol. The number of nitrogens with one attached hydrogen (secondary N) is 1. The molecule has 7 heteroatoms. The topological polar surface area (TPSA) is 59.8 Å². The monoisotopic (exact) mass is 332 g/mol. The van der Waals surface area contributed by atoms with Crippen molar-refractivity contribution < 1.29 is 4.79 Å². The van der Waals surface area contributed by atoms with Gasteiger partial charge in [-0.1, -0.05) is 35.3 Å². The second-order valence-corrected chi connectivity index (χ2v) is 5.21. The standard InChI is InChI=1S/C15H10Cl2N4O/c16-10-8-18-9-11(17)14(10)15(22)20-12-4-1-2-5-13(12)21-7-3-6-19-21/h1-9H,(H,20,22). The van der Waals surface area contributed by atoms with Crippen molar-refractivity contribution in [3.63, 3.8) is 0 Å². The van der Waals surface area contributed by atoms with Crippen LogP contribution in [-0.2, 0) is 0 Å². The summed E-state index contributed by atoms with van der Waals surface area (Å²) in [6.07, 6.45) is 6.20. The number of aromatic nitrogens is 3. The normalized spacial score (nSPS) is 10.5. The summed E-state index contributed by atoms with van der Waals surface area (Å²) in [7, 11) is 0. The van der Waals surface area contributed by atoms with Gasteiger partial charge in [0.2, 0.25) is 0 Å². The Balaban J connectivity index is 1.96. The largest absolute Gasteiger partial charge is 0.320 e. The summed E-state index contributed by atoms with van der Waals surface area (Å²) in [5.41, 5.74) is 1.52. The van der Waals surface area contributed by atoms with Crippen molar-refractivity contribution in [1.29, 1.82) is 0 Å². The number of carbonyl (C=O) groups is 1. The third-order valence-corrected chi connectivity index (χ3v) is 3.56. The van der Waals surface area contributed by atoms with Crippen LogP contribution in [0, 0.1) is 0 Å². The first-order valence-electron chi connectivity index (χ1n) is 6.36. The van der Waals surface area contributed by atoms with Crippen LogP contribution in [0.15, 0.2) is 55.1 Å². The summed E-state index contributed by atoms with van der Waals surface area (Å²) in [6.45, 7) is 0. The highest BCUT2D eigenvalue weighted by molar-refractivity contribution is 6.40. The zero-order valence-corrected chi connectivity index (χ0v) is 12.7. The first kappa shape index (κ1) is 14.6. The zero-order chi connectivity index (χ0) is 15.5. The molecule has 0 aliphatic heterocycles. The maximum absolute atomic E-state index is 12.4. The third kappa shape index (κ3) is 2.81. The zero-order valence-electron chi connectivity index (χ0n) is 11.2. The highest BCUT2D eigenvalue weighted by Crippen LogP contribution is 2.25. The van der Waals surface area contributed by atoms with E-state index in [-0.39, 0.29) is 15.6 Å². The van der Waals surface area contributed by atoms with Crippen molar-refractivity contribution in [2.24, 2.45) is 0 Å². The Morgan fingerprint density at radius 1 is 1.09 bits per heavy atom. The number of amides is 1. The molecule has 0 aliphatic rings. The molecular weight excluding hydrogens is 323 g/mol. The van der Waals surface area contributed by atoms with E-state index in [0.717, 1.165) is 5.69 Å². The van der Waals surface area contributed by atoms with Gasteiger partial charge in [0.25, 0.3) is 5.91 Å². The maximum atomic E-state index is 12.4. The van der Waals surface area contributed by atoms with Crippen LogP contribution in [0.2, 0.25) is 10.0 Å². The van der Waals surface area contributed by atoms with Crippen LogP contribution in [0.4, 0.5) is 5.69 Å². The molecule has 0 bridgehead atoms. The van der Waals surface area contributed by atoms with E-state index in [4.69, 9.17) is 23.2 Å². The van der Waals surface area contributed by atoms with E-state index in [1.165, 1.54) is 12.4 Å². The Morgan fingerprint density at radius 3 is 2.50 bits per heavy atom. The lowest BCUT2D eigenvalue weighted by molar-refractivity contribution is 0.102. The first-order valence-corrected chi connectivity index (χ1v) is 7.12. The van der Waals surface area contributed by atoms with Crippen molar-refractivity contribution >= 4 is 34.8 Å². The van der Waals surface area contributed by atoms with Crippen LogP contribution in [-0.4, -0.2) is 20.7 Å². The minimum Gasteiger partial charge on any atom is -0.320 e. The van der Waals surface area contributed by atoms with Gasteiger partial charge in [0.15, 0.2) is 0 Å². The van der Waals surface area contributed by atoms with E-state index in [1.54, 1.807) is 29.2 Å². The lowest BCUT2D eigenvalue weighted by Crippen LogP contribution is -2.15. The molecule has 0 aliphatic carbocycles. The smallest absolute Gasteiger partial charge is 0.258 e. The summed E-state index contributed by atoms with van der Waals surface area (Å²) in [4.78, 5) is 16.3. The van der Waals surface area contributed by atoms with Gasteiger partial charge in [-0.05, 0) is 18.2 Å². The maximum Gasteiger partial charge on any atom is 0.258 e.